The highest BCUT2D eigenvalue weighted by molar-refractivity contribution is 6.31. The van der Waals surface area contributed by atoms with Crippen LogP contribution in [0.1, 0.15) is 17.4 Å². The number of halogens is 3. The molecule has 0 saturated carbocycles. The molecule has 1 unspecified atom stereocenters. The molecule has 1 N–H and O–H groups in total. The molecule has 2 nitrogen and oxygen atoms in total. The molecule has 3 aromatic rings. The lowest BCUT2D eigenvalue weighted by Gasteiger charge is -2.15. The molecule has 1 heterocycles. The zero-order chi connectivity index (χ0) is 15.0. The Bertz CT molecular complexity index is 800. The van der Waals surface area contributed by atoms with E-state index in [9.17, 15) is 8.78 Å². The second-order valence-corrected chi connectivity index (χ2v) is 5.05. The third-order valence-electron chi connectivity index (χ3n) is 3.38. The molecule has 3 rings (SSSR count). The molecule has 2 aromatic carbocycles. The number of para-hydroxylation sites is 1. The Morgan fingerprint density at radius 2 is 1.81 bits per heavy atom. The van der Waals surface area contributed by atoms with E-state index in [0.29, 0.717) is 16.7 Å². The first-order valence-electron chi connectivity index (χ1n) is 6.41. The van der Waals surface area contributed by atoms with Gasteiger partial charge in [0, 0.05) is 5.39 Å². The molecule has 0 radical (unpaired) electrons. The van der Waals surface area contributed by atoms with Crippen LogP contribution < -0.4 is 5.32 Å². The number of furan rings is 1. The summed E-state index contributed by atoms with van der Waals surface area (Å²) in [4.78, 5) is 0. The van der Waals surface area contributed by atoms with E-state index in [1.807, 2.05) is 0 Å². The largest absolute Gasteiger partial charge is 0.456 e. The average molecular weight is 308 g/mol. The van der Waals surface area contributed by atoms with Crippen LogP contribution in [-0.4, -0.2) is 7.05 Å². The van der Waals surface area contributed by atoms with Gasteiger partial charge < -0.3 is 9.73 Å². The van der Waals surface area contributed by atoms with Gasteiger partial charge in [-0.25, -0.2) is 8.78 Å². The predicted molar refractivity (Wildman–Crippen MR) is 78.5 cm³/mol. The van der Waals surface area contributed by atoms with E-state index >= 15 is 0 Å². The van der Waals surface area contributed by atoms with Gasteiger partial charge in [-0.3, -0.25) is 0 Å². The maximum Gasteiger partial charge on any atom is 0.169 e. The standard InChI is InChI=1S/C16H12ClF2NO/c1-20-15(10-5-3-6-11(18)14(10)17)13-8-9-4-2-7-12(19)16(9)21-13/h2-8,15,20H,1H3. The average Bonchev–Trinajstić information content (AvgIpc) is 2.89. The van der Waals surface area contributed by atoms with E-state index in [2.05, 4.69) is 5.32 Å². The molecule has 1 aromatic heterocycles. The predicted octanol–water partition coefficient (Wildman–Crippen LogP) is 4.67. The minimum absolute atomic E-state index is 0.0257. The fourth-order valence-corrected chi connectivity index (χ4v) is 2.62. The van der Waals surface area contributed by atoms with Crippen molar-refractivity contribution < 1.29 is 13.2 Å². The highest BCUT2D eigenvalue weighted by atomic mass is 35.5. The summed E-state index contributed by atoms with van der Waals surface area (Å²) in [7, 11) is 1.70. The molecule has 0 aliphatic rings. The van der Waals surface area contributed by atoms with Gasteiger partial charge in [0.1, 0.15) is 11.6 Å². The Morgan fingerprint density at radius 1 is 1.10 bits per heavy atom. The Labute approximate surface area is 125 Å². The summed E-state index contributed by atoms with van der Waals surface area (Å²) in [6.45, 7) is 0. The van der Waals surface area contributed by atoms with Crippen LogP contribution in [0.5, 0.6) is 0 Å². The maximum atomic E-state index is 13.7. The monoisotopic (exact) mass is 307 g/mol. The van der Waals surface area contributed by atoms with Gasteiger partial charge >= 0.3 is 0 Å². The first-order valence-corrected chi connectivity index (χ1v) is 6.78. The number of hydrogen-bond donors (Lipinski definition) is 1. The fourth-order valence-electron chi connectivity index (χ4n) is 2.38. The quantitative estimate of drug-likeness (QED) is 0.760. The highest BCUT2D eigenvalue weighted by Gasteiger charge is 2.21. The molecule has 0 aliphatic carbocycles. The fraction of sp³-hybridized carbons (Fsp3) is 0.125. The smallest absolute Gasteiger partial charge is 0.169 e. The first-order chi connectivity index (χ1) is 10.1. The van der Waals surface area contributed by atoms with Crippen LogP contribution in [0.3, 0.4) is 0 Å². The normalized spacial score (nSPS) is 12.8. The Kier molecular flexibility index (Phi) is 3.66. The summed E-state index contributed by atoms with van der Waals surface area (Å²) in [5.74, 6) is -0.458. The molecular formula is C16H12ClF2NO. The molecule has 21 heavy (non-hydrogen) atoms. The molecule has 0 fully saturated rings. The van der Waals surface area contributed by atoms with Crippen LogP contribution in [0.15, 0.2) is 46.9 Å². The summed E-state index contributed by atoms with van der Waals surface area (Å²) in [6.07, 6.45) is 0. The Hall–Kier alpha value is -1.91. The summed E-state index contributed by atoms with van der Waals surface area (Å²) in [5.41, 5.74) is 0.721. The van der Waals surface area contributed by atoms with Crippen molar-refractivity contribution >= 4 is 22.6 Å². The summed E-state index contributed by atoms with van der Waals surface area (Å²) >= 11 is 6.02. The summed E-state index contributed by atoms with van der Waals surface area (Å²) in [6, 6.07) is 10.5. The van der Waals surface area contributed by atoms with Gasteiger partial charge in [0.15, 0.2) is 11.4 Å². The van der Waals surface area contributed by atoms with Crippen molar-refractivity contribution in [2.24, 2.45) is 0 Å². The van der Waals surface area contributed by atoms with Gasteiger partial charge in [0.25, 0.3) is 0 Å². The van der Waals surface area contributed by atoms with E-state index in [-0.39, 0.29) is 10.6 Å². The van der Waals surface area contributed by atoms with E-state index in [0.717, 1.165) is 0 Å². The van der Waals surface area contributed by atoms with Crippen molar-refractivity contribution in [2.75, 3.05) is 7.05 Å². The zero-order valence-electron chi connectivity index (χ0n) is 11.2. The number of benzene rings is 2. The van der Waals surface area contributed by atoms with Crippen LogP contribution in [-0.2, 0) is 0 Å². The lowest BCUT2D eigenvalue weighted by molar-refractivity contribution is 0.475. The van der Waals surface area contributed by atoms with Gasteiger partial charge in [-0.15, -0.1) is 0 Å². The number of fused-ring (bicyclic) bond motifs is 1. The molecule has 0 amide bonds. The molecule has 108 valence electrons. The van der Waals surface area contributed by atoms with E-state index in [1.54, 1.807) is 37.4 Å². The van der Waals surface area contributed by atoms with Crippen molar-refractivity contribution in [1.82, 2.24) is 5.32 Å². The van der Waals surface area contributed by atoms with Crippen molar-refractivity contribution in [3.63, 3.8) is 0 Å². The molecule has 0 saturated heterocycles. The molecule has 0 aliphatic heterocycles. The molecule has 1 atom stereocenters. The number of nitrogens with one attached hydrogen (secondary N) is 1. The topological polar surface area (TPSA) is 25.2 Å². The van der Waals surface area contributed by atoms with E-state index in [4.69, 9.17) is 16.0 Å². The van der Waals surface area contributed by atoms with Crippen LogP contribution >= 0.6 is 11.6 Å². The second kappa shape index (κ2) is 5.47. The van der Waals surface area contributed by atoms with Crippen molar-refractivity contribution in [3.05, 3.63) is 70.4 Å². The Morgan fingerprint density at radius 3 is 2.52 bits per heavy atom. The van der Waals surface area contributed by atoms with Crippen LogP contribution in [0.4, 0.5) is 8.78 Å². The third kappa shape index (κ3) is 2.41. The van der Waals surface area contributed by atoms with Gasteiger partial charge in [0.2, 0.25) is 0 Å². The SMILES string of the molecule is CNC(c1cc2cccc(F)c2o1)c1cccc(F)c1Cl. The number of hydrogen-bond acceptors (Lipinski definition) is 2. The Balaban J connectivity index is 2.14. The van der Waals surface area contributed by atoms with Gasteiger partial charge in [0.05, 0.1) is 11.1 Å². The summed E-state index contributed by atoms with van der Waals surface area (Å²) in [5, 5.41) is 3.69. The van der Waals surface area contributed by atoms with Gasteiger partial charge in [-0.1, -0.05) is 35.9 Å². The molecule has 0 spiro atoms. The van der Waals surface area contributed by atoms with Gasteiger partial charge in [-0.2, -0.15) is 0 Å². The lowest BCUT2D eigenvalue weighted by atomic mass is 10.0. The van der Waals surface area contributed by atoms with Crippen LogP contribution in [0.25, 0.3) is 11.0 Å². The molecule has 5 heteroatoms. The summed E-state index contributed by atoms with van der Waals surface area (Å²) < 4.78 is 32.9. The minimum Gasteiger partial charge on any atom is -0.456 e. The van der Waals surface area contributed by atoms with E-state index < -0.39 is 17.7 Å². The molecular weight excluding hydrogens is 296 g/mol. The second-order valence-electron chi connectivity index (χ2n) is 4.67. The lowest BCUT2D eigenvalue weighted by Crippen LogP contribution is -2.17. The van der Waals surface area contributed by atoms with E-state index in [1.165, 1.54) is 12.1 Å². The third-order valence-corrected chi connectivity index (χ3v) is 3.78. The van der Waals surface area contributed by atoms with Crippen molar-refractivity contribution in [3.8, 4) is 0 Å². The van der Waals surface area contributed by atoms with Crippen LogP contribution in [0.2, 0.25) is 5.02 Å². The maximum absolute atomic E-state index is 13.7. The van der Waals surface area contributed by atoms with Crippen molar-refractivity contribution in [2.45, 2.75) is 6.04 Å². The number of rotatable bonds is 3. The molecule has 0 bridgehead atoms. The highest BCUT2D eigenvalue weighted by Crippen LogP contribution is 2.33. The van der Waals surface area contributed by atoms with Crippen LogP contribution in [0, 0.1) is 11.6 Å². The van der Waals surface area contributed by atoms with Crippen molar-refractivity contribution in [1.29, 1.82) is 0 Å². The minimum atomic E-state index is -0.503. The zero-order valence-corrected chi connectivity index (χ0v) is 11.9. The first kappa shape index (κ1) is 14.0. The van der Waals surface area contributed by atoms with Gasteiger partial charge in [-0.05, 0) is 30.8 Å².